The monoisotopic (exact) mass is 209 g/mol. The van der Waals surface area contributed by atoms with Crippen LogP contribution in [0.4, 0.5) is 0 Å². The molecule has 3 heteroatoms. The van der Waals surface area contributed by atoms with Gasteiger partial charge in [0.1, 0.15) is 0 Å². The molecule has 0 amide bonds. The first-order chi connectivity index (χ1) is 7.13. The summed E-state index contributed by atoms with van der Waals surface area (Å²) in [4.78, 5) is 0. The van der Waals surface area contributed by atoms with E-state index in [0.29, 0.717) is 12.1 Å². The summed E-state index contributed by atoms with van der Waals surface area (Å²) in [7, 11) is 0. The highest BCUT2D eigenvalue weighted by atomic mass is 15.3. The number of hydrogen-bond donors (Lipinski definition) is 1. The van der Waals surface area contributed by atoms with Crippen molar-refractivity contribution in [3.63, 3.8) is 0 Å². The topological polar surface area (TPSA) is 29.9 Å². The van der Waals surface area contributed by atoms with Crippen LogP contribution in [0.2, 0.25) is 0 Å². The molecule has 3 nitrogen and oxygen atoms in total. The zero-order chi connectivity index (χ0) is 11.3. The molecule has 1 rings (SSSR count). The van der Waals surface area contributed by atoms with Gasteiger partial charge in [-0.3, -0.25) is 4.68 Å². The van der Waals surface area contributed by atoms with E-state index in [0.717, 1.165) is 6.54 Å². The molecule has 1 unspecified atom stereocenters. The van der Waals surface area contributed by atoms with E-state index in [1.807, 2.05) is 10.9 Å². The minimum atomic E-state index is 0.451. The van der Waals surface area contributed by atoms with E-state index in [-0.39, 0.29) is 0 Å². The predicted molar refractivity (Wildman–Crippen MR) is 63.8 cm³/mol. The predicted octanol–water partition coefficient (Wildman–Crippen LogP) is 2.74. The van der Waals surface area contributed by atoms with E-state index in [9.17, 15) is 0 Å². The summed E-state index contributed by atoms with van der Waals surface area (Å²) in [5.41, 5.74) is 1.27. The Morgan fingerprint density at radius 1 is 1.40 bits per heavy atom. The fraction of sp³-hybridized carbons (Fsp3) is 0.750. The first-order valence-electron chi connectivity index (χ1n) is 5.90. The van der Waals surface area contributed by atoms with Crippen LogP contribution in [0.1, 0.15) is 52.1 Å². The van der Waals surface area contributed by atoms with Crippen molar-refractivity contribution in [1.82, 2.24) is 15.1 Å². The molecule has 0 bridgehead atoms. The van der Waals surface area contributed by atoms with Crippen molar-refractivity contribution >= 4 is 0 Å². The van der Waals surface area contributed by atoms with Crippen LogP contribution in [-0.2, 0) is 6.54 Å². The lowest BCUT2D eigenvalue weighted by Gasteiger charge is -2.11. The average Bonchev–Trinajstić information content (AvgIpc) is 2.63. The van der Waals surface area contributed by atoms with Crippen LogP contribution >= 0.6 is 0 Å². The Kier molecular flexibility index (Phi) is 4.82. The number of nitrogens with one attached hydrogen (secondary N) is 1. The summed E-state index contributed by atoms with van der Waals surface area (Å²) in [5, 5.41) is 7.82. The summed E-state index contributed by atoms with van der Waals surface area (Å²) < 4.78 is 2.00. The maximum atomic E-state index is 4.32. The lowest BCUT2D eigenvalue weighted by molar-refractivity contribution is 0.506. The van der Waals surface area contributed by atoms with E-state index in [1.54, 1.807) is 0 Å². The van der Waals surface area contributed by atoms with Crippen LogP contribution in [0.5, 0.6) is 0 Å². The van der Waals surface area contributed by atoms with Crippen molar-refractivity contribution < 1.29 is 0 Å². The zero-order valence-corrected chi connectivity index (χ0v) is 10.3. The smallest absolute Gasteiger partial charge is 0.0534 e. The second kappa shape index (κ2) is 5.91. The van der Waals surface area contributed by atoms with Crippen LogP contribution in [0.15, 0.2) is 12.4 Å². The molecule has 0 aliphatic carbocycles. The van der Waals surface area contributed by atoms with Crippen molar-refractivity contribution in [2.45, 2.75) is 59.2 Å². The molecular weight excluding hydrogens is 186 g/mol. The Morgan fingerprint density at radius 3 is 2.67 bits per heavy atom. The highest BCUT2D eigenvalue weighted by molar-refractivity contribution is 5.03. The molecular formula is C12H23N3. The maximum Gasteiger partial charge on any atom is 0.0534 e. The van der Waals surface area contributed by atoms with Crippen molar-refractivity contribution in [1.29, 1.82) is 0 Å². The Bertz CT molecular complexity index is 278. The summed E-state index contributed by atoms with van der Waals surface area (Å²) in [6.45, 7) is 9.66. The van der Waals surface area contributed by atoms with Gasteiger partial charge in [0.25, 0.3) is 0 Å². The van der Waals surface area contributed by atoms with Gasteiger partial charge < -0.3 is 5.32 Å². The molecule has 0 radical (unpaired) electrons. The number of hydrogen-bond acceptors (Lipinski definition) is 2. The van der Waals surface area contributed by atoms with Crippen LogP contribution in [0, 0.1) is 0 Å². The van der Waals surface area contributed by atoms with Gasteiger partial charge in [0.15, 0.2) is 0 Å². The van der Waals surface area contributed by atoms with E-state index in [2.05, 4.69) is 44.3 Å². The minimum Gasteiger partial charge on any atom is -0.310 e. The van der Waals surface area contributed by atoms with Gasteiger partial charge in [-0.05, 0) is 27.2 Å². The summed E-state index contributed by atoms with van der Waals surface area (Å²) in [6.07, 6.45) is 6.54. The Labute approximate surface area is 92.9 Å². The van der Waals surface area contributed by atoms with Crippen LogP contribution in [0.3, 0.4) is 0 Å². The number of rotatable bonds is 6. The molecule has 86 valence electrons. The Morgan fingerprint density at radius 2 is 2.13 bits per heavy atom. The largest absolute Gasteiger partial charge is 0.310 e. The molecule has 0 saturated heterocycles. The molecule has 0 aliphatic rings. The standard InChI is InChI=1S/C12H23N3/c1-5-6-11(4)13-7-12-8-14-15(9-12)10(2)3/h8-11,13H,5-7H2,1-4H3. The highest BCUT2D eigenvalue weighted by Gasteiger charge is 2.03. The van der Waals surface area contributed by atoms with Gasteiger partial charge in [-0.2, -0.15) is 5.10 Å². The first-order valence-corrected chi connectivity index (χ1v) is 5.90. The molecule has 0 aliphatic heterocycles. The Balaban J connectivity index is 2.37. The van der Waals surface area contributed by atoms with Crippen molar-refractivity contribution in [3.05, 3.63) is 18.0 Å². The fourth-order valence-electron chi connectivity index (χ4n) is 1.58. The number of aromatic nitrogens is 2. The third-order valence-corrected chi connectivity index (χ3v) is 2.56. The van der Waals surface area contributed by atoms with E-state index >= 15 is 0 Å². The van der Waals surface area contributed by atoms with Gasteiger partial charge in [-0.1, -0.05) is 13.3 Å². The second-order valence-corrected chi connectivity index (χ2v) is 4.49. The van der Waals surface area contributed by atoms with Crippen molar-refractivity contribution in [2.24, 2.45) is 0 Å². The van der Waals surface area contributed by atoms with Crippen molar-refractivity contribution in [3.8, 4) is 0 Å². The molecule has 1 aromatic heterocycles. The van der Waals surface area contributed by atoms with Gasteiger partial charge >= 0.3 is 0 Å². The zero-order valence-electron chi connectivity index (χ0n) is 10.3. The first kappa shape index (κ1) is 12.2. The highest BCUT2D eigenvalue weighted by Crippen LogP contribution is 2.05. The van der Waals surface area contributed by atoms with Crippen LogP contribution < -0.4 is 5.32 Å². The third kappa shape index (κ3) is 4.04. The molecule has 0 fully saturated rings. The fourth-order valence-corrected chi connectivity index (χ4v) is 1.58. The molecule has 1 aromatic rings. The normalized spacial score (nSPS) is 13.4. The van der Waals surface area contributed by atoms with Gasteiger partial charge in [-0.25, -0.2) is 0 Å². The van der Waals surface area contributed by atoms with E-state index in [1.165, 1.54) is 18.4 Å². The molecule has 1 atom stereocenters. The van der Waals surface area contributed by atoms with Crippen molar-refractivity contribution in [2.75, 3.05) is 0 Å². The second-order valence-electron chi connectivity index (χ2n) is 4.49. The Hall–Kier alpha value is -0.830. The molecule has 15 heavy (non-hydrogen) atoms. The third-order valence-electron chi connectivity index (χ3n) is 2.56. The van der Waals surface area contributed by atoms with Crippen LogP contribution in [-0.4, -0.2) is 15.8 Å². The quantitative estimate of drug-likeness (QED) is 0.780. The lowest BCUT2D eigenvalue weighted by atomic mass is 10.2. The van der Waals surface area contributed by atoms with E-state index in [4.69, 9.17) is 0 Å². The molecule has 0 spiro atoms. The SMILES string of the molecule is CCCC(C)NCc1cnn(C(C)C)c1. The summed E-state index contributed by atoms with van der Waals surface area (Å²) in [5.74, 6) is 0. The number of nitrogens with zero attached hydrogens (tertiary/aromatic N) is 2. The van der Waals surface area contributed by atoms with Crippen LogP contribution in [0.25, 0.3) is 0 Å². The average molecular weight is 209 g/mol. The van der Waals surface area contributed by atoms with Gasteiger partial charge in [0.2, 0.25) is 0 Å². The molecule has 0 saturated carbocycles. The molecule has 1 heterocycles. The van der Waals surface area contributed by atoms with E-state index < -0.39 is 0 Å². The summed E-state index contributed by atoms with van der Waals surface area (Å²) in [6, 6.07) is 1.05. The van der Waals surface area contributed by atoms with Gasteiger partial charge in [0, 0.05) is 30.4 Å². The molecule has 0 aromatic carbocycles. The lowest BCUT2D eigenvalue weighted by Crippen LogP contribution is -2.24. The summed E-state index contributed by atoms with van der Waals surface area (Å²) >= 11 is 0. The van der Waals surface area contributed by atoms with Gasteiger partial charge in [0.05, 0.1) is 6.20 Å². The minimum absolute atomic E-state index is 0.451. The maximum absolute atomic E-state index is 4.32. The molecule has 1 N–H and O–H groups in total. The van der Waals surface area contributed by atoms with Gasteiger partial charge in [-0.15, -0.1) is 0 Å².